The van der Waals surface area contributed by atoms with Crippen LogP contribution in [-0.2, 0) is 4.74 Å². The molecule has 1 N–H and O–H groups in total. The van der Waals surface area contributed by atoms with Gasteiger partial charge >= 0.3 is 0 Å². The lowest BCUT2D eigenvalue weighted by Gasteiger charge is -2.45. The van der Waals surface area contributed by atoms with Crippen molar-refractivity contribution in [1.82, 2.24) is 10.2 Å². The average molecular weight is 276 g/mol. The van der Waals surface area contributed by atoms with Crippen molar-refractivity contribution in [3.8, 4) is 0 Å². The lowest BCUT2D eigenvalue weighted by atomic mass is 9.94. The van der Waals surface area contributed by atoms with Crippen LogP contribution in [0.25, 0.3) is 0 Å². The monoisotopic (exact) mass is 276 g/mol. The quantitative estimate of drug-likeness (QED) is 0.895. The smallest absolute Gasteiger partial charge is 0.0615 e. The molecular weight excluding hydrogens is 248 g/mol. The second-order valence-electron chi connectivity index (χ2n) is 6.18. The molecule has 0 radical (unpaired) electrons. The van der Waals surface area contributed by atoms with Crippen LogP contribution in [0.3, 0.4) is 0 Å². The SMILES string of the molecule is COCC(C)N1CC(c2ccccc2)NCC1C(C)C. The molecule has 1 fully saturated rings. The molecule has 0 amide bonds. The summed E-state index contributed by atoms with van der Waals surface area (Å²) in [6.07, 6.45) is 0. The summed E-state index contributed by atoms with van der Waals surface area (Å²) in [5.41, 5.74) is 1.38. The van der Waals surface area contributed by atoms with Crippen LogP contribution >= 0.6 is 0 Å². The van der Waals surface area contributed by atoms with Gasteiger partial charge < -0.3 is 10.1 Å². The van der Waals surface area contributed by atoms with Gasteiger partial charge in [-0.25, -0.2) is 0 Å². The van der Waals surface area contributed by atoms with Gasteiger partial charge in [-0.2, -0.15) is 0 Å². The number of nitrogens with one attached hydrogen (secondary N) is 1. The standard InChI is InChI=1S/C17H28N2O/c1-13(2)17-10-18-16(15-8-6-5-7-9-15)11-19(17)14(3)12-20-4/h5-9,13-14,16-18H,10-12H2,1-4H3. The summed E-state index contributed by atoms with van der Waals surface area (Å²) in [7, 11) is 1.79. The molecule has 0 aliphatic carbocycles. The number of piperazine rings is 1. The molecule has 1 aliphatic rings. The summed E-state index contributed by atoms with van der Waals surface area (Å²) in [5.74, 6) is 0.651. The van der Waals surface area contributed by atoms with Crippen molar-refractivity contribution in [2.75, 3.05) is 26.8 Å². The predicted octanol–water partition coefficient (Wildman–Crippen LogP) is 2.69. The van der Waals surface area contributed by atoms with E-state index in [-0.39, 0.29) is 0 Å². The number of ether oxygens (including phenoxy) is 1. The fourth-order valence-corrected chi connectivity index (χ4v) is 3.16. The van der Waals surface area contributed by atoms with Gasteiger partial charge in [0.2, 0.25) is 0 Å². The Morgan fingerprint density at radius 1 is 1.25 bits per heavy atom. The van der Waals surface area contributed by atoms with E-state index in [1.54, 1.807) is 7.11 Å². The maximum Gasteiger partial charge on any atom is 0.0615 e. The Kier molecular flexibility index (Phi) is 5.58. The first-order chi connectivity index (χ1) is 9.63. The Hall–Kier alpha value is -0.900. The van der Waals surface area contributed by atoms with Gasteiger partial charge in [0.1, 0.15) is 0 Å². The Balaban J connectivity index is 2.11. The second kappa shape index (κ2) is 7.21. The van der Waals surface area contributed by atoms with Crippen molar-refractivity contribution in [2.45, 2.75) is 38.9 Å². The predicted molar refractivity (Wildman–Crippen MR) is 83.9 cm³/mol. The summed E-state index contributed by atoms with van der Waals surface area (Å²) in [6.45, 7) is 9.78. The van der Waals surface area contributed by atoms with E-state index in [9.17, 15) is 0 Å². The molecule has 3 heteroatoms. The zero-order valence-electron chi connectivity index (χ0n) is 13.2. The number of benzene rings is 1. The van der Waals surface area contributed by atoms with Crippen LogP contribution in [0.2, 0.25) is 0 Å². The number of hydrogen-bond donors (Lipinski definition) is 1. The molecule has 20 heavy (non-hydrogen) atoms. The van der Waals surface area contributed by atoms with Crippen LogP contribution in [0, 0.1) is 5.92 Å². The minimum absolute atomic E-state index is 0.422. The van der Waals surface area contributed by atoms with Gasteiger partial charge in [0.15, 0.2) is 0 Å². The maximum atomic E-state index is 5.36. The molecule has 0 bridgehead atoms. The van der Waals surface area contributed by atoms with Crippen molar-refractivity contribution in [2.24, 2.45) is 5.92 Å². The van der Waals surface area contributed by atoms with E-state index >= 15 is 0 Å². The molecule has 1 aromatic rings. The normalized spacial score (nSPS) is 25.9. The van der Waals surface area contributed by atoms with Gasteiger partial charge in [-0.3, -0.25) is 4.90 Å². The number of nitrogens with zero attached hydrogens (tertiary/aromatic N) is 1. The maximum absolute atomic E-state index is 5.36. The Bertz CT molecular complexity index is 393. The Morgan fingerprint density at radius 3 is 2.55 bits per heavy atom. The van der Waals surface area contributed by atoms with Crippen molar-refractivity contribution in [1.29, 1.82) is 0 Å². The first-order valence-electron chi connectivity index (χ1n) is 7.66. The molecule has 0 saturated carbocycles. The Morgan fingerprint density at radius 2 is 1.95 bits per heavy atom. The van der Waals surface area contributed by atoms with Crippen molar-refractivity contribution < 1.29 is 4.74 Å². The molecule has 1 saturated heterocycles. The third-order valence-electron chi connectivity index (χ3n) is 4.34. The van der Waals surface area contributed by atoms with Crippen LogP contribution < -0.4 is 5.32 Å². The van der Waals surface area contributed by atoms with Crippen LogP contribution in [0.1, 0.15) is 32.4 Å². The number of rotatable bonds is 5. The van der Waals surface area contributed by atoms with E-state index in [0.29, 0.717) is 24.0 Å². The first-order valence-corrected chi connectivity index (χ1v) is 7.66. The van der Waals surface area contributed by atoms with Gasteiger partial charge in [-0.1, -0.05) is 44.2 Å². The molecule has 0 aromatic heterocycles. The summed E-state index contributed by atoms with van der Waals surface area (Å²) in [6, 6.07) is 12.2. The molecule has 1 aliphatic heterocycles. The van der Waals surface area contributed by atoms with Gasteiger partial charge in [0, 0.05) is 38.3 Å². The van der Waals surface area contributed by atoms with Crippen LogP contribution in [-0.4, -0.2) is 43.8 Å². The van der Waals surface area contributed by atoms with E-state index in [4.69, 9.17) is 4.74 Å². The highest BCUT2D eigenvalue weighted by Crippen LogP contribution is 2.25. The zero-order chi connectivity index (χ0) is 14.5. The minimum atomic E-state index is 0.422. The minimum Gasteiger partial charge on any atom is -0.383 e. The lowest BCUT2D eigenvalue weighted by molar-refractivity contribution is 0.0240. The van der Waals surface area contributed by atoms with E-state index in [1.807, 2.05) is 0 Å². The average Bonchev–Trinajstić information content (AvgIpc) is 2.47. The third-order valence-corrected chi connectivity index (χ3v) is 4.34. The fourth-order valence-electron chi connectivity index (χ4n) is 3.16. The van der Waals surface area contributed by atoms with E-state index in [0.717, 1.165) is 19.7 Å². The highest BCUT2D eigenvalue weighted by Gasteiger charge is 2.33. The van der Waals surface area contributed by atoms with Gasteiger partial charge in [0.05, 0.1) is 6.61 Å². The highest BCUT2D eigenvalue weighted by atomic mass is 16.5. The zero-order valence-corrected chi connectivity index (χ0v) is 13.2. The van der Waals surface area contributed by atoms with E-state index in [1.165, 1.54) is 5.56 Å². The van der Waals surface area contributed by atoms with E-state index < -0.39 is 0 Å². The van der Waals surface area contributed by atoms with E-state index in [2.05, 4.69) is 61.3 Å². The molecule has 1 heterocycles. The first kappa shape index (κ1) is 15.5. The molecular formula is C17H28N2O. The van der Waals surface area contributed by atoms with Crippen LogP contribution in [0.15, 0.2) is 30.3 Å². The van der Waals surface area contributed by atoms with Crippen molar-refractivity contribution in [3.05, 3.63) is 35.9 Å². The fraction of sp³-hybridized carbons (Fsp3) is 0.647. The molecule has 2 rings (SSSR count). The summed E-state index contributed by atoms with van der Waals surface area (Å²) in [4.78, 5) is 2.61. The van der Waals surface area contributed by atoms with Crippen LogP contribution in [0.4, 0.5) is 0 Å². The molecule has 112 valence electrons. The molecule has 3 nitrogen and oxygen atoms in total. The number of hydrogen-bond acceptors (Lipinski definition) is 3. The Labute approximate surface area is 123 Å². The third kappa shape index (κ3) is 3.60. The molecule has 0 spiro atoms. The van der Waals surface area contributed by atoms with Crippen LogP contribution in [0.5, 0.6) is 0 Å². The summed E-state index contributed by atoms with van der Waals surface area (Å²) >= 11 is 0. The van der Waals surface area contributed by atoms with Crippen molar-refractivity contribution in [3.63, 3.8) is 0 Å². The molecule has 1 aromatic carbocycles. The molecule has 3 atom stereocenters. The van der Waals surface area contributed by atoms with Gasteiger partial charge in [-0.15, -0.1) is 0 Å². The van der Waals surface area contributed by atoms with Crippen molar-refractivity contribution >= 4 is 0 Å². The second-order valence-corrected chi connectivity index (χ2v) is 6.18. The highest BCUT2D eigenvalue weighted by molar-refractivity contribution is 5.20. The number of methoxy groups -OCH3 is 1. The molecule has 3 unspecified atom stereocenters. The largest absolute Gasteiger partial charge is 0.383 e. The topological polar surface area (TPSA) is 24.5 Å². The summed E-state index contributed by atoms with van der Waals surface area (Å²) in [5, 5.41) is 3.71. The lowest BCUT2D eigenvalue weighted by Crippen LogP contribution is -2.58. The summed E-state index contributed by atoms with van der Waals surface area (Å²) < 4.78 is 5.36. The van der Waals surface area contributed by atoms with Gasteiger partial charge in [-0.05, 0) is 18.4 Å². The van der Waals surface area contributed by atoms with Gasteiger partial charge in [0.25, 0.3) is 0 Å².